The Morgan fingerprint density at radius 2 is 1.59 bits per heavy atom. The van der Waals surface area contributed by atoms with E-state index < -0.39 is 0 Å². The molecular formula is C25H39N3O. The molecule has 3 fully saturated rings. The Morgan fingerprint density at radius 1 is 0.897 bits per heavy atom. The molecule has 0 aliphatic carbocycles. The lowest BCUT2D eigenvalue weighted by Gasteiger charge is -2.43. The molecular weight excluding hydrogens is 358 g/mol. The summed E-state index contributed by atoms with van der Waals surface area (Å²) in [6, 6.07) is 7.66. The topological polar surface area (TPSA) is 26.8 Å². The van der Waals surface area contributed by atoms with Gasteiger partial charge in [-0.2, -0.15) is 0 Å². The molecule has 1 aromatic carbocycles. The van der Waals surface area contributed by atoms with Crippen LogP contribution in [0.3, 0.4) is 0 Å². The van der Waals surface area contributed by atoms with Gasteiger partial charge in [0, 0.05) is 50.9 Å². The number of hydrogen-bond acceptors (Lipinski definition) is 3. The average Bonchev–Trinajstić information content (AvgIpc) is 3.27. The number of rotatable bonds is 5. The minimum absolute atomic E-state index is 0.404. The average molecular weight is 398 g/mol. The molecule has 29 heavy (non-hydrogen) atoms. The highest BCUT2D eigenvalue weighted by Crippen LogP contribution is 2.29. The van der Waals surface area contributed by atoms with Crippen LogP contribution in [0.25, 0.3) is 0 Å². The Bertz CT molecular complexity index is 669. The van der Waals surface area contributed by atoms with E-state index in [-0.39, 0.29) is 0 Å². The minimum atomic E-state index is 0.404. The van der Waals surface area contributed by atoms with Gasteiger partial charge in [-0.1, -0.05) is 6.07 Å². The van der Waals surface area contributed by atoms with E-state index in [2.05, 4.69) is 46.7 Å². The number of hydrogen-bond donors (Lipinski definition) is 0. The van der Waals surface area contributed by atoms with Crippen LogP contribution in [-0.4, -0.2) is 61.0 Å². The first-order valence-electron chi connectivity index (χ1n) is 11.9. The summed E-state index contributed by atoms with van der Waals surface area (Å²) in [5.41, 5.74) is 4.13. The van der Waals surface area contributed by atoms with Gasteiger partial charge in [-0.15, -0.1) is 0 Å². The maximum absolute atomic E-state index is 12.4. The van der Waals surface area contributed by atoms with Crippen molar-refractivity contribution in [3.8, 4) is 0 Å². The molecule has 1 atom stereocenters. The van der Waals surface area contributed by atoms with Crippen LogP contribution in [-0.2, 0) is 4.79 Å². The van der Waals surface area contributed by atoms with Crippen molar-refractivity contribution in [1.29, 1.82) is 0 Å². The third-order valence-corrected chi connectivity index (χ3v) is 7.33. The van der Waals surface area contributed by atoms with Gasteiger partial charge in [-0.25, -0.2) is 0 Å². The Morgan fingerprint density at radius 3 is 2.28 bits per heavy atom. The molecule has 0 saturated carbocycles. The molecule has 3 heterocycles. The molecule has 0 spiro atoms. The molecule has 160 valence electrons. The molecule has 0 N–H and O–H groups in total. The molecule has 0 aromatic heterocycles. The van der Waals surface area contributed by atoms with Gasteiger partial charge in [0.1, 0.15) is 0 Å². The molecule has 4 rings (SSSR count). The first-order chi connectivity index (χ1) is 14.1. The zero-order valence-corrected chi connectivity index (χ0v) is 18.5. The minimum Gasteiger partial charge on any atom is -0.371 e. The van der Waals surface area contributed by atoms with Gasteiger partial charge >= 0.3 is 0 Å². The molecule has 4 nitrogen and oxygen atoms in total. The summed E-state index contributed by atoms with van der Waals surface area (Å²) in [5, 5.41) is 0. The van der Waals surface area contributed by atoms with E-state index in [1.54, 1.807) is 0 Å². The standard InChI is InChI=1S/C25H39N3O/c1-20-16-21(2)18-24(17-20)26-14-9-23(10-15-26)28-13-5-6-22(19-28)7-8-25(29)27-11-3-4-12-27/h16-18,22-23H,3-15,19H2,1-2H3/t22-/m1/s1. The molecule has 3 saturated heterocycles. The van der Waals surface area contributed by atoms with Gasteiger partial charge in [0.05, 0.1) is 0 Å². The first kappa shape index (κ1) is 20.7. The smallest absolute Gasteiger partial charge is 0.222 e. The van der Waals surface area contributed by atoms with E-state index in [0.29, 0.717) is 11.8 Å². The molecule has 1 aromatic rings. The van der Waals surface area contributed by atoms with Crippen molar-refractivity contribution in [3.63, 3.8) is 0 Å². The Kier molecular flexibility index (Phi) is 6.79. The van der Waals surface area contributed by atoms with Crippen LogP contribution in [0.1, 0.15) is 62.5 Å². The molecule has 4 heteroatoms. The van der Waals surface area contributed by atoms with Gasteiger partial charge in [0.2, 0.25) is 5.91 Å². The van der Waals surface area contributed by atoms with Crippen LogP contribution < -0.4 is 4.90 Å². The van der Waals surface area contributed by atoms with Crippen molar-refractivity contribution in [3.05, 3.63) is 29.3 Å². The second-order valence-electron chi connectivity index (χ2n) is 9.69. The van der Waals surface area contributed by atoms with Gasteiger partial charge < -0.3 is 9.80 Å². The van der Waals surface area contributed by atoms with Crippen LogP contribution in [0.4, 0.5) is 5.69 Å². The van der Waals surface area contributed by atoms with Crippen LogP contribution in [0.15, 0.2) is 18.2 Å². The fraction of sp³-hybridized carbons (Fsp3) is 0.720. The number of carbonyl (C=O) groups excluding carboxylic acids is 1. The Hall–Kier alpha value is -1.55. The van der Waals surface area contributed by atoms with Crippen LogP contribution >= 0.6 is 0 Å². The number of anilines is 1. The van der Waals surface area contributed by atoms with Crippen molar-refractivity contribution < 1.29 is 4.79 Å². The maximum atomic E-state index is 12.4. The second-order valence-corrected chi connectivity index (χ2v) is 9.69. The number of amides is 1. The van der Waals surface area contributed by atoms with Crippen molar-refractivity contribution in [2.24, 2.45) is 5.92 Å². The maximum Gasteiger partial charge on any atom is 0.222 e. The molecule has 1 amide bonds. The zero-order chi connectivity index (χ0) is 20.2. The summed E-state index contributed by atoms with van der Waals surface area (Å²) in [4.78, 5) is 19.8. The molecule has 3 aliphatic rings. The van der Waals surface area contributed by atoms with Crippen molar-refractivity contribution in [2.75, 3.05) is 44.2 Å². The van der Waals surface area contributed by atoms with Crippen molar-refractivity contribution in [2.45, 2.75) is 71.3 Å². The predicted molar refractivity (Wildman–Crippen MR) is 120 cm³/mol. The highest BCUT2D eigenvalue weighted by Gasteiger charge is 2.29. The van der Waals surface area contributed by atoms with E-state index in [9.17, 15) is 4.79 Å². The van der Waals surface area contributed by atoms with Crippen LogP contribution in [0.2, 0.25) is 0 Å². The van der Waals surface area contributed by atoms with Crippen LogP contribution in [0.5, 0.6) is 0 Å². The zero-order valence-electron chi connectivity index (χ0n) is 18.5. The van der Waals surface area contributed by atoms with E-state index in [1.165, 1.54) is 81.5 Å². The van der Waals surface area contributed by atoms with Gasteiger partial charge in [-0.3, -0.25) is 9.69 Å². The van der Waals surface area contributed by atoms with Gasteiger partial charge in [-0.05, 0) is 94.5 Å². The summed E-state index contributed by atoms with van der Waals surface area (Å²) in [5.74, 6) is 1.12. The lowest BCUT2D eigenvalue weighted by Crippen LogP contribution is -2.48. The molecule has 3 aliphatic heterocycles. The Balaban J connectivity index is 1.24. The number of likely N-dealkylation sites (tertiary alicyclic amines) is 2. The summed E-state index contributed by atoms with van der Waals surface area (Å²) in [6.45, 7) is 11.2. The normalized spacial score (nSPS) is 24.3. The SMILES string of the molecule is Cc1cc(C)cc(N2CCC(N3CCC[C@H](CCC(=O)N4CCCC4)C3)CC2)c1. The third kappa shape index (κ3) is 5.33. The monoisotopic (exact) mass is 397 g/mol. The fourth-order valence-corrected chi connectivity index (χ4v) is 5.74. The molecule has 0 unspecified atom stereocenters. The summed E-state index contributed by atoms with van der Waals surface area (Å²) in [6.07, 6.45) is 9.41. The summed E-state index contributed by atoms with van der Waals surface area (Å²) >= 11 is 0. The van der Waals surface area contributed by atoms with Gasteiger partial charge in [0.25, 0.3) is 0 Å². The number of nitrogens with zero attached hydrogens (tertiary/aromatic N) is 3. The predicted octanol–water partition coefficient (Wildman–Crippen LogP) is 4.39. The van der Waals surface area contributed by atoms with E-state index in [0.717, 1.165) is 32.0 Å². The van der Waals surface area contributed by atoms with Crippen molar-refractivity contribution in [1.82, 2.24) is 9.80 Å². The highest BCUT2D eigenvalue weighted by atomic mass is 16.2. The first-order valence-corrected chi connectivity index (χ1v) is 11.9. The van der Waals surface area contributed by atoms with E-state index in [4.69, 9.17) is 0 Å². The number of carbonyl (C=O) groups is 1. The van der Waals surface area contributed by atoms with E-state index >= 15 is 0 Å². The lowest BCUT2D eigenvalue weighted by molar-refractivity contribution is -0.130. The fourth-order valence-electron chi connectivity index (χ4n) is 5.74. The second kappa shape index (κ2) is 9.51. The Labute approximate surface area is 177 Å². The molecule has 0 radical (unpaired) electrons. The summed E-state index contributed by atoms with van der Waals surface area (Å²) in [7, 11) is 0. The third-order valence-electron chi connectivity index (χ3n) is 7.33. The summed E-state index contributed by atoms with van der Waals surface area (Å²) < 4.78 is 0. The number of benzene rings is 1. The quantitative estimate of drug-likeness (QED) is 0.737. The lowest BCUT2D eigenvalue weighted by atomic mass is 9.90. The molecule has 0 bridgehead atoms. The van der Waals surface area contributed by atoms with E-state index in [1.807, 2.05) is 0 Å². The number of piperidine rings is 2. The highest BCUT2D eigenvalue weighted by molar-refractivity contribution is 5.76. The largest absolute Gasteiger partial charge is 0.371 e. The van der Waals surface area contributed by atoms with Crippen LogP contribution in [0, 0.1) is 19.8 Å². The van der Waals surface area contributed by atoms with Gasteiger partial charge in [0.15, 0.2) is 0 Å². The van der Waals surface area contributed by atoms with Crippen molar-refractivity contribution >= 4 is 11.6 Å². The number of aryl methyl sites for hydroxylation is 2.